The minimum Gasteiger partial charge on any atom is -0.508 e. The number of carbonyl (C=O) groups excluding carboxylic acids is 1. The Kier molecular flexibility index (Phi) is 3.82. The molecule has 0 aromatic heterocycles. The van der Waals surface area contributed by atoms with Gasteiger partial charge in [0, 0.05) is 31.6 Å². The molecule has 1 aromatic carbocycles. The van der Waals surface area contributed by atoms with Gasteiger partial charge in [0.05, 0.1) is 18.3 Å². The lowest BCUT2D eigenvalue weighted by Gasteiger charge is -2.47. The number of hydrogen-bond donors (Lipinski definition) is 2. The zero-order valence-electron chi connectivity index (χ0n) is 11.7. The second-order valence-electron chi connectivity index (χ2n) is 5.57. The van der Waals surface area contributed by atoms with E-state index in [1.807, 2.05) is 0 Å². The Hall–Kier alpha value is -1.66. The quantitative estimate of drug-likeness (QED) is 0.879. The number of aromatic hydroxyl groups is 1. The van der Waals surface area contributed by atoms with E-state index in [-0.39, 0.29) is 35.3 Å². The standard InChI is InChI=1S/C15H18FNO4/c1-20-7-11-13(9-4-5-21-14(9)11)17-15(19)10-6-8(18)2-3-12(10)16/h2-3,6,9,11,13-14,18H,4-5,7H2,1H3,(H,17,19)/t9-,11+,13+,14-/m0/s1. The highest BCUT2D eigenvalue weighted by molar-refractivity contribution is 5.95. The second kappa shape index (κ2) is 5.61. The first-order valence-corrected chi connectivity index (χ1v) is 7.01. The first kappa shape index (κ1) is 14.3. The van der Waals surface area contributed by atoms with Gasteiger partial charge >= 0.3 is 0 Å². The van der Waals surface area contributed by atoms with Crippen LogP contribution in [0.15, 0.2) is 18.2 Å². The smallest absolute Gasteiger partial charge is 0.254 e. The van der Waals surface area contributed by atoms with E-state index < -0.39 is 11.7 Å². The molecule has 5 nitrogen and oxygen atoms in total. The van der Waals surface area contributed by atoms with E-state index in [1.165, 1.54) is 6.07 Å². The Morgan fingerprint density at radius 2 is 2.38 bits per heavy atom. The number of ether oxygens (including phenoxy) is 2. The molecule has 1 saturated carbocycles. The zero-order chi connectivity index (χ0) is 15.0. The summed E-state index contributed by atoms with van der Waals surface area (Å²) < 4.78 is 24.5. The summed E-state index contributed by atoms with van der Waals surface area (Å²) in [5.41, 5.74) is -0.145. The summed E-state index contributed by atoms with van der Waals surface area (Å²) in [6.07, 6.45) is 1.00. The molecule has 1 aliphatic carbocycles. The van der Waals surface area contributed by atoms with Gasteiger partial charge in [0.1, 0.15) is 11.6 Å². The number of phenolic OH excluding ortho intramolecular Hbond substituents is 1. The maximum absolute atomic E-state index is 13.7. The molecule has 2 aliphatic rings. The Labute approximate surface area is 122 Å². The molecule has 1 aromatic rings. The predicted molar refractivity (Wildman–Crippen MR) is 72.5 cm³/mol. The van der Waals surface area contributed by atoms with E-state index in [9.17, 15) is 14.3 Å². The average Bonchev–Trinajstić information content (AvgIpc) is 2.89. The van der Waals surface area contributed by atoms with Gasteiger partial charge in [0.2, 0.25) is 0 Å². The molecule has 0 radical (unpaired) electrons. The Bertz CT molecular complexity index is 550. The van der Waals surface area contributed by atoms with Crippen molar-refractivity contribution in [2.45, 2.75) is 18.6 Å². The van der Waals surface area contributed by atoms with E-state index >= 15 is 0 Å². The largest absolute Gasteiger partial charge is 0.508 e. The van der Waals surface area contributed by atoms with E-state index in [0.717, 1.165) is 18.6 Å². The van der Waals surface area contributed by atoms with Gasteiger partial charge in [-0.15, -0.1) is 0 Å². The van der Waals surface area contributed by atoms with Crippen LogP contribution in [-0.2, 0) is 9.47 Å². The van der Waals surface area contributed by atoms with Crippen LogP contribution in [0.3, 0.4) is 0 Å². The molecule has 1 aliphatic heterocycles. The lowest BCUT2D eigenvalue weighted by molar-refractivity contribution is -0.0809. The number of hydrogen-bond acceptors (Lipinski definition) is 4. The molecule has 1 amide bonds. The Morgan fingerprint density at radius 3 is 3.14 bits per heavy atom. The highest BCUT2D eigenvalue weighted by Gasteiger charge is 2.54. The number of benzene rings is 1. The summed E-state index contributed by atoms with van der Waals surface area (Å²) in [4.78, 5) is 12.2. The summed E-state index contributed by atoms with van der Waals surface area (Å²) in [6, 6.07) is 3.35. The van der Waals surface area contributed by atoms with Crippen LogP contribution < -0.4 is 5.32 Å². The van der Waals surface area contributed by atoms with Crippen molar-refractivity contribution in [1.82, 2.24) is 5.32 Å². The van der Waals surface area contributed by atoms with Crippen molar-refractivity contribution in [3.8, 4) is 5.75 Å². The van der Waals surface area contributed by atoms with E-state index in [2.05, 4.69) is 5.32 Å². The minimum absolute atomic E-state index is 0.0771. The summed E-state index contributed by atoms with van der Waals surface area (Å²) in [7, 11) is 1.61. The number of fused-ring (bicyclic) bond motifs is 1. The van der Waals surface area contributed by atoms with E-state index in [0.29, 0.717) is 13.2 Å². The molecule has 3 rings (SSSR count). The normalized spacial score (nSPS) is 30.6. The van der Waals surface area contributed by atoms with Gasteiger partial charge < -0.3 is 19.9 Å². The number of phenols is 1. The Balaban J connectivity index is 1.73. The fourth-order valence-corrected chi connectivity index (χ4v) is 3.35. The number of rotatable bonds is 4. The van der Waals surface area contributed by atoms with Crippen LogP contribution in [-0.4, -0.2) is 43.5 Å². The molecule has 2 N–H and O–H groups in total. The SMILES string of the molecule is COC[C@@H]1[C@H](NC(=O)c2cc(O)ccc2F)[C@@H]2CCO[C@H]12. The molecule has 21 heavy (non-hydrogen) atoms. The number of halogens is 1. The lowest BCUT2D eigenvalue weighted by Crippen LogP contribution is -2.62. The van der Waals surface area contributed by atoms with Crippen molar-refractivity contribution >= 4 is 5.91 Å². The summed E-state index contributed by atoms with van der Waals surface area (Å²) >= 11 is 0. The van der Waals surface area contributed by atoms with E-state index in [1.54, 1.807) is 7.11 Å². The molecule has 6 heteroatoms. The zero-order valence-corrected chi connectivity index (χ0v) is 11.7. The monoisotopic (exact) mass is 295 g/mol. The van der Waals surface area contributed by atoms with Crippen LogP contribution in [0.1, 0.15) is 16.8 Å². The van der Waals surface area contributed by atoms with Crippen molar-refractivity contribution in [2.75, 3.05) is 20.3 Å². The molecule has 0 unspecified atom stereocenters. The number of amides is 1. The second-order valence-corrected chi connectivity index (χ2v) is 5.57. The van der Waals surface area contributed by atoms with Gasteiger partial charge in [-0.25, -0.2) is 4.39 Å². The van der Waals surface area contributed by atoms with Gasteiger partial charge in [-0.2, -0.15) is 0 Å². The first-order chi connectivity index (χ1) is 10.1. The number of nitrogens with one attached hydrogen (secondary N) is 1. The van der Waals surface area contributed by atoms with Gasteiger partial charge in [-0.1, -0.05) is 0 Å². The van der Waals surface area contributed by atoms with Crippen molar-refractivity contribution in [3.63, 3.8) is 0 Å². The molecular weight excluding hydrogens is 277 g/mol. The summed E-state index contributed by atoms with van der Waals surface area (Å²) in [5, 5.41) is 12.2. The number of methoxy groups -OCH3 is 1. The Morgan fingerprint density at radius 1 is 1.57 bits per heavy atom. The molecule has 2 fully saturated rings. The van der Waals surface area contributed by atoms with Crippen LogP contribution in [0.25, 0.3) is 0 Å². The van der Waals surface area contributed by atoms with Crippen molar-refractivity contribution in [2.24, 2.45) is 11.8 Å². The predicted octanol–water partition coefficient (Wildman–Crippen LogP) is 1.31. The maximum atomic E-state index is 13.7. The molecule has 1 heterocycles. The van der Waals surface area contributed by atoms with Gasteiger partial charge in [0.15, 0.2) is 0 Å². The fourth-order valence-electron chi connectivity index (χ4n) is 3.35. The van der Waals surface area contributed by atoms with Crippen LogP contribution in [0.4, 0.5) is 4.39 Å². The lowest BCUT2D eigenvalue weighted by atomic mass is 9.67. The number of carbonyl (C=O) groups is 1. The third-order valence-electron chi connectivity index (χ3n) is 4.38. The molecular formula is C15H18FNO4. The van der Waals surface area contributed by atoms with Crippen molar-refractivity contribution in [1.29, 1.82) is 0 Å². The van der Waals surface area contributed by atoms with Crippen LogP contribution in [0, 0.1) is 17.7 Å². The van der Waals surface area contributed by atoms with Crippen molar-refractivity contribution in [3.05, 3.63) is 29.6 Å². The minimum atomic E-state index is -0.646. The molecule has 4 atom stereocenters. The molecule has 0 spiro atoms. The van der Waals surface area contributed by atoms with Crippen LogP contribution in [0.2, 0.25) is 0 Å². The maximum Gasteiger partial charge on any atom is 0.254 e. The summed E-state index contributed by atoms with van der Waals surface area (Å²) in [6.45, 7) is 1.18. The highest BCUT2D eigenvalue weighted by atomic mass is 19.1. The average molecular weight is 295 g/mol. The van der Waals surface area contributed by atoms with Crippen LogP contribution >= 0.6 is 0 Å². The molecule has 0 bridgehead atoms. The highest BCUT2D eigenvalue weighted by Crippen LogP contribution is 2.43. The third kappa shape index (κ3) is 2.49. The van der Waals surface area contributed by atoms with E-state index in [4.69, 9.17) is 9.47 Å². The summed E-state index contributed by atoms with van der Waals surface area (Å²) in [5.74, 6) is -0.945. The van der Waals surface area contributed by atoms with Gasteiger partial charge in [-0.05, 0) is 24.6 Å². The van der Waals surface area contributed by atoms with Crippen LogP contribution in [0.5, 0.6) is 5.75 Å². The van der Waals surface area contributed by atoms with Crippen molar-refractivity contribution < 1.29 is 23.8 Å². The third-order valence-corrected chi connectivity index (χ3v) is 4.38. The fraction of sp³-hybridized carbons (Fsp3) is 0.533. The topological polar surface area (TPSA) is 67.8 Å². The molecule has 1 saturated heterocycles. The van der Waals surface area contributed by atoms with Gasteiger partial charge in [0.25, 0.3) is 5.91 Å². The molecule has 114 valence electrons. The van der Waals surface area contributed by atoms with Gasteiger partial charge in [-0.3, -0.25) is 4.79 Å². The first-order valence-electron chi connectivity index (χ1n) is 7.01.